The highest BCUT2D eigenvalue weighted by molar-refractivity contribution is 8.18. The van der Waals surface area contributed by atoms with E-state index < -0.39 is 0 Å². The minimum atomic E-state index is -0.0869. The number of benzene rings is 1. The Morgan fingerprint density at radius 3 is 2.88 bits per heavy atom. The molecular formula is C16H11N5OS2. The van der Waals surface area contributed by atoms with Crippen molar-refractivity contribution in [2.24, 2.45) is 4.99 Å². The number of thiazole rings is 1. The van der Waals surface area contributed by atoms with Crippen LogP contribution in [0.5, 0.6) is 0 Å². The minimum Gasteiger partial charge on any atom is -0.289 e. The third-order valence-electron chi connectivity index (χ3n) is 3.43. The van der Waals surface area contributed by atoms with Crippen molar-refractivity contribution in [3.63, 3.8) is 0 Å². The number of aliphatic imine (C=N–C) groups is 1. The first kappa shape index (κ1) is 15.0. The molecule has 1 amide bonds. The number of amidine groups is 1. The van der Waals surface area contributed by atoms with Crippen LogP contribution in [0.4, 0.5) is 5.13 Å². The van der Waals surface area contributed by atoms with E-state index in [0.29, 0.717) is 15.2 Å². The second-order valence-electron chi connectivity index (χ2n) is 4.96. The van der Waals surface area contributed by atoms with Gasteiger partial charge in [-0.25, -0.2) is 4.98 Å². The molecule has 1 saturated heterocycles. The van der Waals surface area contributed by atoms with Gasteiger partial charge in [0.05, 0.1) is 15.9 Å². The van der Waals surface area contributed by atoms with Crippen LogP contribution in [0.15, 0.2) is 52.1 Å². The Kier molecular flexibility index (Phi) is 3.83. The number of thioether (sulfide) groups is 1. The minimum absolute atomic E-state index is 0.0869. The third-order valence-corrected chi connectivity index (χ3v) is 5.16. The summed E-state index contributed by atoms with van der Waals surface area (Å²) in [4.78, 5) is 31.8. The molecule has 0 bridgehead atoms. The van der Waals surface area contributed by atoms with E-state index in [-0.39, 0.29) is 5.91 Å². The Labute approximate surface area is 146 Å². The number of likely N-dealkylation sites (N-methyl/N-ethyl adjacent to an activating group) is 1. The second-order valence-corrected chi connectivity index (χ2v) is 6.84. The van der Waals surface area contributed by atoms with E-state index in [1.807, 2.05) is 29.7 Å². The molecule has 6 nitrogen and oxygen atoms in total. The van der Waals surface area contributed by atoms with Crippen LogP contribution in [-0.2, 0) is 4.79 Å². The molecule has 3 heterocycles. The number of hydrogen-bond donors (Lipinski definition) is 0. The van der Waals surface area contributed by atoms with Crippen molar-refractivity contribution >= 4 is 56.4 Å². The Bertz CT molecular complexity index is 976. The van der Waals surface area contributed by atoms with Crippen molar-refractivity contribution in [2.75, 3.05) is 7.05 Å². The van der Waals surface area contributed by atoms with E-state index in [2.05, 4.69) is 19.9 Å². The number of carbonyl (C=O) groups excluding carboxylic acids is 1. The molecular weight excluding hydrogens is 342 g/mol. The van der Waals surface area contributed by atoms with E-state index in [0.717, 1.165) is 16.6 Å². The lowest BCUT2D eigenvalue weighted by Crippen LogP contribution is -2.23. The van der Waals surface area contributed by atoms with Crippen LogP contribution in [0.2, 0.25) is 0 Å². The second kappa shape index (κ2) is 6.14. The number of para-hydroxylation sites is 1. The SMILES string of the molecule is CN1C(=O)/C(=C/c2cccc3nccnc23)S/C1=N\c1nccs1. The molecule has 0 N–H and O–H groups in total. The van der Waals surface area contributed by atoms with Gasteiger partial charge in [-0.3, -0.25) is 19.7 Å². The van der Waals surface area contributed by atoms with Crippen molar-refractivity contribution < 1.29 is 4.79 Å². The third kappa shape index (κ3) is 2.70. The first-order chi connectivity index (χ1) is 11.7. The van der Waals surface area contributed by atoms with E-state index in [9.17, 15) is 4.79 Å². The maximum Gasteiger partial charge on any atom is 0.266 e. The van der Waals surface area contributed by atoms with Gasteiger partial charge in [-0.15, -0.1) is 11.3 Å². The van der Waals surface area contributed by atoms with Gasteiger partial charge in [0.25, 0.3) is 5.91 Å². The smallest absolute Gasteiger partial charge is 0.266 e. The molecule has 0 unspecified atom stereocenters. The van der Waals surface area contributed by atoms with Crippen molar-refractivity contribution in [1.29, 1.82) is 0 Å². The number of carbonyl (C=O) groups is 1. The average Bonchev–Trinajstić information content (AvgIpc) is 3.20. The van der Waals surface area contributed by atoms with Gasteiger partial charge in [0.2, 0.25) is 5.13 Å². The first-order valence-electron chi connectivity index (χ1n) is 7.08. The highest BCUT2D eigenvalue weighted by atomic mass is 32.2. The van der Waals surface area contributed by atoms with E-state index >= 15 is 0 Å². The predicted molar refractivity (Wildman–Crippen MR) is 97.1 cm³/mol. The lowest BCUT2D eigenvalue weighted by molar-refractivity contribution is -0.121. The predicted octanol–water partition coefficient (Wildman–Crippen LogP) is 3.32. The van der Waals surface area contributed by atoms with E-state index in [1.54, 1.807) is 25.6 Å². The van der Waals surface area contributed by atoms with Gasteiger partial charge in [-0.05, 0) is 23.9 Å². The zero-order chi connectivity index (χ0) is 16.5. The molecule has 0 atom stereocenters. The molecule has 24 heavy (non-hydrogen) atoms. The molecule has 2 aromatic heterocycles. The zero-order valence-corrected chi connectivity index (χ0v) is 14.2. The summed E-state index contributed by atoms with van der Waals surface area (Å²) in [5, 5.41) is 3.11. The van der Waals surface area contributed by atoms with Gasteiger partial charge in [0, 0.05) is 36.6 Å². The molecule has 3 aromatic rings. The summed E-state index contributed by atoms with van der Waals surface area (Å²) in [6, 6.07) is 5.73. The fourth-order valence-electron chi connectivity index (χ4n) is 2.28. The number of aromatic nitrogens is 3. The molecule has 4 rings (SSSR count). The van der Waals surface area contributed by atoms with Crippen molar-refractivity contribution in [2.45, 2.75) is 0 Å². The first-order valence-corrected chi connectivity index (χ1v) is 8.77. The molecule has 0 aliphatic carbocycles. The number of nitrogens with zero attached hydrogens (tertiary/aromatic N) is 5. The van der Waals surface area contributed by atoms with Crippen molar-refractivity contribution in [3.05, 3.63) is 52.6 Å². The molecule has 8 heteroatoms. The number of amides is 1. The van der Waals surface area contributed by atoms with Gasteiger partial charge >= 0.3 is 0 Å². The Hall–Kier alpha value is -2.58. The average molecular weight is 353 g/mol. The lowest BCUT2D eigenvalue weighted by Gasteiger charge is -2.05. The van der Waals surface area contributed by atoms with E-state index in [4.69, 9.17) is 0 Å². The summed E-state index contributed by atoms with van der Waals surface area (Å²) >= 11 is 2.77. The van der Waals surface area contributed by atoms with Crippen molar-refractivity contribution in [3.8, 4) is 0 Å². The zero-order valence-electron chi connectivity index (χ0n) is 12.6. The van der Waals surface area contributed by atoms with Crippen LogP contribution < -0.4 is 0 Å². The van der Waals surface area contributed by atoms with Crippen LogP contribution >= 0.6 is 23.1 Å². The Balaban J connectivity index is 1.74. The topological polar surface area (TPSA) is 71.3 Å². The van der Waals surface area contributed by atoms with Crippen LogP contribution in [0.3, 0.4) is 0 Å². The molecule has 1 aliphatic heterocycles. The van der Waals surface area contributed by atoms with Gasteiger partial charge in [-0.2, -0.15) is 4.99 Å². The van der Waals surface area contributed by atoms with Crippen LogP contribution in [-0.4, -0.2) is 38.0 Å². The molecule has 1 aliphatic rings. The number of hydrogen-bond acceptors (Lipinski definition) is 7. The fourth-order valence-corrected chi connectivity index (χ4v) is 3.80. The fraction of sp³-hybridized carbons (Fsp3) is 0.0625. The monoisotopic (exact) mass is 353 g/mol. The summed E-state index contributed by atoms with van der Waals surface area (Å²) in [6.45, 7) is 0. The Morgan fingerprint density at radius 2 is 2.04 bits per heavy atom. The summed E-state index contributed by atoms with van der Waals surface area (Å²) < 4.78 is 0. The van der Waals surface area contributed by atoms with E-state index in [1.165, 1.54) is 28.0 Å². The van der Waals surface area contributed by atoms with Gasteiger partial charge in [0.1, 0.15) is 0 Å². The molecule has 0 saturated carbocycles. The van der Waals surface area contributed by atoms with Crippen LogP contribution in [0, 0.1) is 0 Å². The highest BCUT2D eigenvalue weighted by Gasteiger charge is 2.30. The lowest BCUT2D eigenvalue weighted by atomic mass is 10.1. The van der Waals surface area contributed by atoms with Gasteiger partial charge < -0.3 is 0 Å². The summed E-state index contributed by atoms with van der Waals surface area (Å²) in [6.07, 6.45) is 6.83. The summed E-state index contributed by atoms with van der Waals surface area (Å²) in [5.74, 6) is -0.0869. The molecule has 0 radical (unpaired) electrons. The highest BCUT2D eigenvalue weighted by Crippen LogP contribution is 2.34. The molecule has 1 fully saturated rings. The van der Waals surface area contributed by atoms with Crippen LogP contribution in [0.25, 0.3) is 17.1 Å². The Morgan fingerprint density at radius 1 is 1.17 bits per heavy atom. The maximum atomic E-state index is 12.5. The molecule has 1 aromatic carbocycles. The largest absolute Gasteiger partial charge is 0.289 e. The number of fused-ring (bicyclic) bond motifs is 1. The standard InChI is InChI=1S/C16H11N5OS2/c1-21-14(22)12(24-16(21)20-15-19-7-8-23-15)9-10-3-2-4-11-13(10)18-6-5-17-11/h2-9H,1H3/b12-9-,20-16-. The summed E-state index contributed by atoms with van der Waals surface area (Å²) in [5.41, 5.74) is 2.43. The normalized spacial score (nSPS) is 18.2. The maximum absolute atomic E-state index is 12.5. The van der Waals surface area contributed by atoms with Gasteiger partial charge in [0.15, 0.2) is 5.17 Å². The number of rotatable bonds is 2. The molecule has 0 spiro atoms. The quantitative estimate of drug-likeness (QED) is 0.661. The van der Waals surface area contributed by atoms with Gasteiger partial charge in [-0.1, -0.05) is 12.1 Å². The molecule has 118 valence electrons. The van der Waals surface area contributed by atoms with Crippen molar-refractivity contribution in [1.82, 2.24) is 19.9 Å². The van der Waals surface area contributed by atoms with Crippen LogP contribution in [0.1, 0.15) is 5.56 Å². The summed E-state index contributed by atoms with van der Waals surface area (Å²) in [7, 11) is 1.71.